The maximum atomic E-state index is 5.64. The molecule has 56 valence electrons. The number of benzene rings is 1. The summed E-state index contributed by atoms with van der Waals surface area (Å²) in [6.07, 6.45) is 0. The third-order valence-corrected chi connectivity index (χ3v) is 1.55. The van der Waals surface area contributed by atoms with E-state index < -0.39 is 0 Å². The molecular formula is C8H8N2O. The van der Waals surface area contributed by atoms with E-state index >= 15 is 0 Å². The van der Waals surface area contributed by atoms with Gasteiger partial charge in [-0.2, -0.15) is 0 Å². The molecule has 2 N–H and O–H groups in total. The SMILES string of the molecule is Cc1nc2cccc(N)c2o1. The van der Waals surface area contributed by atoms with Crippen LogP contribution in [-0.4, -0.2) is 4.98 Å². The number of aryl methyl sites for hydroxylation is 1. The molecule has 0 saturated heterocycles. The number of hydrogen-bond donors (Lipinski definition) is 1. The maximum Gasteiger partial charge on any atom is 0.192 e. The van der Waals surface area contributed by atoms with Crippen LogP contribution in [0.25, 0.3) is 11.1 Å². The van der Waals surface area contributed by atoms with Crippen molar-refractivity contribution in [3.8, 4) is 0 Å². The van der Waals surface area contributed by atoms with E-state index in [1.807, 2.05) is 12.1 Å². The molecule has 0 aliphatic rings. The Hall–Kier alpha value is -1.51. The van der Waals surface area contributed by atoms with E-state index in [1.165, 1.54) is 0 Å². The average Bonchev–Trinajstić information content (AvgIpc) is 2.31. The first-order chi connectivity index (χ1) is 5.27. The summed E-state index contributed by atoms with van der Waals surface area (Å²) >= 11 is 0. The molecule has 2 rings (SSSR count). The molecule has 1 aromatic carbocycles. The third kappa shape index (κ3) is 0.852. The fourth-order valence-electron chi connectivity index (χ4n) is 1.08. The lowest BCUT2D eigenvalue weighted by molar-refractivity contribution is 0.562. The van der Waals surface area contributed by atoms with Crippen molar-refractivity contribution in [1.29, 1.82) is 0 Å². The van der Waals surface area contributed by atoms with Crippen LogP contribution in [-0.2, 0) is 0 Å². The normalized spacial score (nSPS) is 10.6. The lowest BCUT2D eigenvalue weighted by atomic mass is 10.3. The minimum Gasteiger partial charge on any atom is -0.439 e. The Morgan fingerprint density at radius 2 is 2.27 bits per heavy atom. The number of fused-ring (bicyclic) bond motifs is 1. The van der Waals surface area contributed by atoms with Crippen LogP contribution >= 0.6 is 0 Å². The number of anilines is 1. The molecule has 0 bridgehead atoms. The molecule has 0 aliphatic carbocycles. The van der Waals surface area contributed by atoms with Gasteiger partial charge in [0.2, 0.25) is 0 Å². The lowest BCUT2D eigenvalue weighted by Crippen LogP contribution is -1.82. The summed E-state index contributed by atoms with van der Waals surface area (Å²) in [5, 5.41) is 0. The third-order valence-electron chi connectivity index (χ3n) is 1.55. The van der Waals surface area contributed by atoms with E-state index in [-0.39, 0.29) is 0 Å². The Labute approximate surface area is 63.8 Å². The zero-order valence-corrected chi connectivity index (χ0v) is 6.16. The Morgan fingerprint density at radius 3 is 3.00 bits per heavy atom. The minimum absolute atomic E-state index is 0.642. The molecule has 11 heavy (non-hydrogen) atoms. The number of nitrogens with two attached hydrogens (primary N) is 1. The molecule has 2 aromatic rings. The van der Waals surface area contributed by atoms with Gasteiger partial charge in [0.1, 0.15) is 5.52 Å². The summed E-state index contributed by atoms with van der Waals surface area (Å²) in [4.78, 5) is 4.13. The van der Waals surface area contributed by atoms with Crippen molar-refractivity contribution in [3.05, 3.63) is 24.1 Å². The number of aromatic nitrogens is 1. The standard InChI is InChI=1S/C8H8N2O/c1-5-10-7-4-2-3-6(9)8(7)11-5/h2-4H,9H2,1H3. The number of nitrogens with zero attached hydrogens (tertiary/aromatic N) is 1. The monoisotopic (exact) mass is 148 g/mol. The van der Waals surface area contributed by atoms with Gasteiger partial charge < -0.3 is 10.2 Å². The Bertz CT molecular complexity index is 392. The minimum atomic E-state index is 0.642. The first kappa shape index (κ1) is 6.22. The zero-order chi connectivity index (χ0) is 7.84. The summed E-state index contributed by atoms with van der Waals surface area (Å²) in [5.41, 5.74) is 7.78. The fourth-order valence-corrected chi connectivity index (χ4v) is 1.08. The van der Waals surface area contributed by atoms with Crippen LogP contribution in [0.2, 0.25) is 0 Å². The van der Waals surface area contributed by atoms with Gasteiger partial charge in [-0.1, -0.05) is 6.07 Å². The zero-order valence-electron chi connectivity index (χ0n) is 6.16. The largest absolute Gasteiger partial charge is 0.439 e. The highest BCUT2D eigenvalue weighted by molar-refractivity contribution is 5.84. The van der Waals surface area contributed by atoms with Gasteiger partial charge in [0, 0.05) is 6.92 Å². The van der Waals surface area contributed by atoms with Crippen molar-refractivity contribution < 1.29 is 4.42 Å². The first-order valence-electron chi connectivity index (χ1n) is 3.39. The molecule has 0 saturated carbocycles. The van der Waals surface area contributed by atoms with Crippen molar-refractivity contribution in [2.45, 2.75) is 6.92 Å². The first-order valence-corrected chi connectivity index (χ1v) is 3.39. The van der Waals surface area contributed by atoms with Crippen molar-refractivity contribution >= 4 is 16.8 Å². The number of oxazole rings is 1. The van der Waals surface area contributed by atoms with Gasteiger partial charge in [-0.05, 0) is 12.1 Å². The van der Waals surface area contributed by atoms with Crippen LogP contribution in [0, 0.1) is 6.92 Å². The summed E-state index contributed by atoms with van der Waals surface area (Å²) in [6.45, 7) is 1.80. The smallest absolute Gasteiger partial charge is 0.192 e. The van der Waals surface area contributed by atoms with Crippen LogP contribution in [0.15, 0.2) is 22.6 Å². The van der Waals surface area contributed by atoms with Gasteiger partial charge in [-0.15, -0.1) is 0 Å². The van der Waals surface area contributed by atoms with E-state index in [0.717, 1.165) is 5.52 Å². The molecular weight excluding hydrogens is 140 g/mol. The van der Waals surface area contributed by atoms with Gasteiger partial charge in [0.15, 0.2) is 11.5 Å². The highest BCUT2D eigenvalue weighted by Crippen LogP contribution is 2.20. The molecule has 0 unspecified atom stereocenters. The lowest BCUT2D eigenvalue weighted by Gasteiger charge is -1.89. The molecule has 1 heterocycles. The Morgan fingerprint density at radius 1 is 1.45 bits per heavy atom. The van der Waals surface area contributed by atoms with Crippen LogP contribution in [0.3, 0.4) is 0 Å². The van der Waals surface area contributed by atoms with Crippen LogP contribution in [0.5, 0.6) is 0 Å². The van der Waals surface area contributed by atoms with Crippen molar-refractivity contribution in [3.63, 3.8) is 0 Å². The molecule has 0 aliphatic heterocycles. The Kier molecular flexibility index (Phi) is 1.12. The van der Waals surface area contributed by atoms with Gasteiger partial charge >= 0.3 is 0 Å². The summed E-state index contributed by atoms with van der Waals surface area (Å²) < 4.78 is 5.26. The van der Waals surface area contributed by atoms with Gasteiger partial charge in [0.25, 0.3) is 0 Å². The molecule has 3 heteroatoms. The average molecular weight is 148 g/mol. The Balaban J connectivity index is 2.90. The molecule has 0 fully saturated rings. The molecule has 0 amide bonds. The number of hydrogen-bond acceptors (Lipinski definition) is 3. The van der Waals surface area contributed by atoms with E-state index in [1.54, 1.807) is 13.0 Å². The van der Waals surface area contributed by atoms with Gasteiger partial charge in [-0.3, -0.25) is 0 Å². The van der Waals surface area contributed by atoms with E-state index in [0.29, 0.717) is 17.2 Å². The summed E-state index contributed by atoms with van der Waals surface area (Å²) in [5.74, 6) is 0.651. The van der Waals surface area contributed by atoms with Crippen molar-refractivity contribution in [1.82, 2.24) is 4.98 Å². The topological polar surface area (TPSA) is 52.0 Å². The quantitative estimate of drug-likeness (QED) is 0.578. The summed E-state index contributed by atoms with van der Waals surface area (Å²) in [7, 11) is 0. The predicted octanol–water partition coefficient (Wildman–Crippen LogP) is 1.72. The van der Waals surface area contributed by atoms with Crippen LogP contribution < -0.4 is 5.73 Å². The maximum absolute atomic E-state index is 5.64. The summed E-state index contributed by atoms with van der Waals surface area (Å²) in [6, 6.07) is 5.54. The number of rotatable bonds is 0. The van der Waals surface area contributed by atoms with Crippen molar-refractivity contribution in [2.75, 3.05) is 5.73 Å². The van der Waals surface area contributed by atoms with E-state index in [4.69, 9.17) is 10.2 Å². The van der Waals surface area contributed by atoms with Crippen molar-refractivity contribution in [2.24, 2.45) is 0 Å². The van der Waals surface area contributed by atoms with E-state index in [2.05, 4.69) is 4.98 Å². The van der Waals surface area contributed by atoms with E-state index in [9.17, 15) is 0 Å². The highest BCUT2D eigenvalue weighted by atomic mass is 16.3. The second-order valence-electron chi connectivity index (χ2n) is 2.43. The molecule has 3 nitrogen and oxygen atoms in total. The molecule has 0 atom stereocenters. The second-order valence-corrected chi connectivity index (χ2v) is 2.43. The molecule has 0 spiro atoms. The molecule has 0 radical (unpaired) electrons. The van der Waals surface area contributed by atoms with Crippen LogP contribution in [0.4, 0.5) is 5.69 Å². The second kappa shape index (κ2) is 1.99. The molecule has 1 aromatic heterocycles. The predicted molar refractivity (Wildman–Crippen MR) is 43.2 cm³/mol. The number of nitrogen functional groups attached to an aromatic ring is 1. The highest BCUT2D eigenvalue weighted by Gasteiger charge is 2.02. The fraction of sp³-hybridized carbons (Fsp3) is 0.125. The van der Waals surface area contributed by atoms with Crippen LogP contribution in [0.1, 0.15) is 5.89 Å². The number of para-hydroxylation sites is 1. The van der Waals surface area contributed by atoms with Gasteiger partial charge in [0.05, 0.1) is 5.69 Å². The van der Waals surface area contributed by atoms with Gasteiger partial charge in [-0.25, -0.2) is 4.98 Å².